The molecule has 0 bridgehead atoms. The summed E-state index contributed by atoms with van der Waals surface area (Å²) in [4.78, 5) is 15.5. The quantitative estimate of drug-likeness (QED) is 0.247. The fourth-order valence-electron chi connectivity index (χ4n) is 5.50. The van der Waals surface area contributed by atoms with Gasteiger partial charge in [0.15, 0.2) is 5.78 Å². The monoisotopic (exact) mass is 526 g/mol. The Bertz CT molecular complexity index is 1090. The predicted molar refractivity (Wildman–Crippen MR) is 149 cm³/mol. The summed E-state index contributed by atoms with van der Waals surface area (Å²) in [5, 5.41) is 26.0. The molecule has 0 spiro atoms. The minimum absolute atomic E-state index is 0.0280. The molecule has 3 aliphatic rings. The maximum Gasteiger partial charge on any atom is 0.174 e. The van der Waals surface area contributed by atoms with Crippen LogP contribution in [0.4, 0.5) is 4.39 Å². The van der Waals surface area contributed by atoms with Gasteiger partial charge in [0.1, 0.15) is 18.0 Å². The van der Waals surface area contributed by atoms with Crippen LogP contribution < -0.4 is 26.6 Å². The summed E-state index contributed by atoms with van der Waals surface area (Å²) < 4.78 is 14.6. The number of benzene rings is 1. The third-order valence-corrected chi connectivity index (χ3v) is 7.69. The highest BCUT2D eigenvalue weighted by Crippen LogP contribution is 2.35. The van der Waals surface area contributed by atoms with Crippen molar-refractivity contribution in [2.75, 3.05) is 33.8 Å². The molecule has 2 aliphatic heterocycles. The molecule has 38 heavy (non-hydrogen) atoms. The van der Waals surface area contributed by atoms with E-state index in [0.29, 0.717) is 19.0 Å². The second-order valence-corrected chi connectivity index (χ2v) is 11.3. The van der Waals surface area contributed by atoms with E-state index in [0.717, 1.165) is 28.1 Å². The van der Waals surface area contributed by atoms with E-state index in [4.69, 9.17) is 0 Å². The Morgan fingerprint density at radius 1 is 1.24 bits per heavy atom. The number of aliphatic hydroxyl groups excluding tert-OH is 1. The van der Waals surface area contributed by atoms with Crippen molar-refractivity contribution in [3.63, 3.8) is 0 Å². The first-order valence-electron chi connectivity index (χ1n) is 13.6. The summed E-state index contributed by atoms with van der Waals surface area (Å²) in [5.41, 5.74) is 3.91. The fraction of sp³-hybridized carbons (Fsp3) is 0.552. The van der Waals surface area contributed by atoms with E-state index in [1.165, 1.54) is 37.8 Å². The normalized spacial score (nSPS) is 21.9. The van der Waals surface area contributed by atoms with E-state index in [1.807, 2.05) is 45.4 Å². The molecule has 2 unspecified atom stereocenters. The molecule has 8 nitrogen and oxygen atoms in total. The van der Waals surface area contributed by atoms with Crippen LogP contribution in [0.2, 0.25) is 0 Å². The van der Waals surface area contributed by atoms with Crippen molar-refractivity contribution in [3.05, 3.63) is 65.0 Å². The van der Waals surface area contributed by atoms with E-state index in [2.05, 4.69) is 38.5 Å². The third kappa shape index (κ3) is 6.57. The predicted octanol–water partition coefficient (Wildman–Crippen LogP) is 2.15. The number of hydrogen-bond acceptors (Lipinski definition) is 8. The van der Waals surface area contributed by atoms with Gasteiger partial charge in [-0.3, -0.25) is 4.79 Å². The number of carbonyl (C=O) groups excluding carboxylic acids is 1. The maximum atomic E-state index is 14.6. The van der Waals surface area contributed by atoms with Crippen LogP contribution in [0.1, 0.15) is 50.7 Å². The largest absolute Gasteiger partial charge is 0.394 e. The highest BCUT2D eigenvalue weighted by Gasteiger charge is 2.39. The van der Waals surface area contributed by atoms with Gasteiger partial charge < -0.3 is 36.6 Å². The lowest BCUT2D eigenvalue weighted by Crippen LogP contribution is -2.46. The molecule has 1 aliphatic carbocycles. The minimum atomic E-state index is -0.491. The number of nitrogens with zero attached hydrogens (tertiary/aromatic N) is 1. The van der Waals surface area contributed by atoms with Crippen LogP contribution in [0.3, 0.4) is 0 Å². The van der Waals surface area contributed by atoms with Gasteiger partial charge in [0.25, 0.3) is 0 Å². The molecular formula is C29H43FN6O2. The van der Waals surface area contributed by atoms with Crippen LogP contribution in [0.25, 0.3) is 5.57 Å². The Hall–Kier alpha value is -2.88. The molecule has 2 atom stereocenters. The number of dihydropyridines is 1. The van der Waals surface area contributed by atoms with Crippen molar-refractivity contribution in [3.8, 4) is 0 Å². The summed E-state index contributed by atoms with van der Waals surface area (Å²) in [6.07, 6.45) is 10.9. The van der Waals surface area contributed by atoms with Gasteiger partial charge in [-0.15, -0.1) is 0 Å². The van der Waals surface area contributed by atoms with Crippen LogP contribution in [-0.4, -0.2) is 67.3 Å². The Morgan fingerprint density at radius 3 is 2.71 bits per heavy atom. The first-order valence-corrected chi connectivity index (χ1v) is 13.6. The molecule has 2 heterocycles. The highest BCUT2D eigenvalue weighted by molar-refractivity contribution is 5.89. The summed E-state index contributed by atoms with van der Waals surface area (Å²) in [7, 11) is 3.94. The Morgan fingerprint density at radius 2 is 2.00 bits per heavy atom. The lowest BCUT2D eigenvalue weighted by Gasteiger charge is -2.28. The second-order valence-electron chi connectivity index (χ2n) is 11.3. The van der Waals surface area contributed by atoms with Gasteiger partial charge in [-0.05, 0) is 86.8 Å². The number of halogens is 1. The Kier molecular flexibility index (Phi) is 9.12. The van der Waals surface area contributed by atoms with Gasteiger partial charge in [-0.25, -0.2) is 4.39 Å². The third-order valence-electron chi connectivity index (χ3n) is 7.69. The standard InChI is InChI=1S/C29H43FN6O2/c1-29(2,18-37)34-16-22(15-31-3)21-11-19(12-23(30)13-21)14-32-17-25(38)27-26-24(9-10-33-27)36(4)28(35-26)20-7-5-6-8-20/h9-13,16,20,27-28,31-35,37H,5-8,14-15,17-18H2,1-4H3/b22-16+. The molecule has 1 aromatic carbocycles. The molecule has 1 aromatic rings. The molecule has 1 fully saturated rings. The van der Waals surface area contributed by atoms with E-state index in [9.17, 15) is 14.3 Å². The Labute approximate surface area is 225 Å². The average Bonchev–Trinajstić information content (AvgIpc) is 3.54. The number of nitrogens with one attached hydrogen (secondary N) is 5. The molecule has 1 saturated carbocycles. The number of hydrogen-bond donors (Lipinski definition) is 6. The SMILES string of the molecule is CNC/C(=C\NC(C)(C)CO)c1cc(F)cc(CNCC(=O)C2NC=CC3=C2NC(C2CCCC2)N3C)c1. The molecule has 6 N–H and O–H groups in total. The summed E-state index contributed by atoms with van der Waals surface area (Å²) in [6, 6.07) is 4.50. The average molecular weight is 527 g/mol. The van der Waals surface area contributed by atoms with Gasteiger partial charge in [0, 0.05) is 26.3 Å². The molecule has 9 heteroatoms. The molecule has 0 radical (unpaired) electrons. The van der Waals surface area contributed by atoms with Crippen molar-refractivity contribution in [1.82, 2.24) is 31.5 Å². The van der Waals surface area contributed by atoms with E-state index in [1.54, 1.807) is 0 Å². The van der Waals surface area contributed by atoms with Gasteiger partial charge in [-0.1, -0.05) is 12.8 Å². The van der Waals surface area contributed by atoms with Gasteiger partial charge in [0.05, 0.1) is 30.1 Å². The highest BCUT2D eigenvalue weighted by atomic mass is 19.1. The first-order chi connectivity index (χ1) is 18.2. The van der Waals surface area contributed by atoms with Crippen LogP contribution in [0, 0.1) is 11.7 Å². The minimum Gasteiger partial charge on any atom is -0.394 e. The van der Waals surface area contributed by atoms with Crippen molar-refractivity contribution in [2.45, 2.75) is 63.8 Å². The topological polar surface area (TPSA) is 101 Å². The van der Waals surface area contributed by atoms with Crippen molar-refractivity contribution < 1.29 is 14.3 Å². The molecule has 0 amide bonds. The number of Topliss-reactive ketones (excluding diaryl/α,β-unsaturated/α-hetero) is 1. The number of rotatable bonds is 12. The number of allylic oxidation sites excluding steroid dienone is 1. The summed E-state index contributed by atoms with van der Waals surface area (Å²) in [5.74, 6) is 0.304. The van der Waals surface area contributed by atoms with Gasteiger partial charge in [-0.2, -0.15) is 0 Å². The summed E-state index contributed by atoms with van der Waals surface area (Å²) in [6.45, 7) is 4.82. The van der Waals surface area contributed by atoms with Gasteiger partial charge in [0.2, 0.25) is 0 Å². The molecule has 0 saturated heterocycles. The van der Waals surface area contributed by atoms with Gasteiger partial charge >= 0.3 is 0 Å². The fourth-order valence-corrected chi connectivity index (χ4v) is 5.50. The molecular weight excluding hydrogens is 483 g/mol. The number of aliphatic hydroxyl groups is 1. The molecule has 208 valence electrons. The molecule has 0 aromatic heterocycles. The zero-order valence-corrected chi connectivity index (χ0v) is 23.0. The Balaban J connectivity index is 1.38. The van der Waals surface area contributed by atoms with Crippen molar-refractivity contribution >= 4 is 11.4 Å². The lowest BCUT2D eigenvalue weighted by atomic mass is 10.0. The number of ketones is 1. The number of likely N-dealkylation sites (N-methyl/N-ethyl adjacent to an activating group) is 2. The van der Waals surface area contributed by atoms with Crippen LogP contribution in [0.5, 0.6) is 0 Å². The van der Waals surface area contributed by atoms with Crippen molar-refractivity contribution in [1.29, 1.82) is 0 Å². The lowest BCUT2D eigenvalue weighted by molar-refractivity contribution is -0.119. The zero-order chi connectivity index (χ0) is 27.3. The van der Waals surface area contributed by atoms with Crippen LogP contribution in [-0.2, 0) is 11.3 Å². The van der Waals surface area contributed by atoms with E-state index in [-0.39, 0.29) is 30.9 Å². The second kappa shape index (κ2) is 12.3. The maximum absolute atomic E-state index is 14.6. The summed E-state index contributed by atoms with van der Waals surface area (Å²) >= 11 is 0. The number of carbonyl (C=O) groups is 1. The smallest absolute Gasteiger partial charge is 0.174 e. The van der Waals surface area contributed by atoms with Crippen LogP contribution >= 0.6 is 0 Å². The van der Waals surface area contributed by atoms with Crippen LogP contribution in [0.15, 0.2) is 48.1 Å². The molecule has 4 rings (SSSR count). The first kappa shape index (κ1) is 28.1. The van der Waals surface area contributed by atoms with Crippen molar-refractivity contribution in [2.24, 2.45) is 5.92 Å². The van der Waals surface area contributed by atoms with E-state index >= 15 is 0 Å². The van der Waals surface area contributed by atoms with E-state index < -0.39 is 11.6 Å². The zero-order valence-electron chi connectivity index (χ0n) is 23.0.